The smallest absolute Gasteiger partial charge is 0.252 e. The molecule has 0 spiro atoms. The summed E-state index contributed by atoms with van der Waals surface area (Å²) < 4.78 is 0. The van der Waals surface area contributed by atoms with Crippen LogP contribution in [-0.4, -0.2) is 29.1 Å². The van der Waals surface area contributed by atoms with Gasteiger partial charge in [-0.2, -0.15) is 0 Å². The first-order valence-electron chi connectivity index (χ1n) is 4.82. The minimum atomic E-state index is -0.166. The number of amides is 1. The summed E-state index contributed by atoms with van der Waals surface area (Å²) in [6.07, 6.45) is 2.21. The van der Waals surface area contributed by atoms with E-state index in [1.807, 2.05) is 0 Å². The Bertz CT molecular complexity index is 311. The molecule has 0 fully saturated rings. The predicted octanol–water partition coefficient (Wildman–Crippen LogP) is -0.348. The lowest BCUT2D eigenvalue weighted by Crippen LogP contribution is -2.26. The highest BCUT2D eigenvalue weighted by Gasteiger charge is 2.04. The molecule has 1 rings (SSSR count). The summed E-state index contributed by atoms with van der Waals surface area (Å²) >= 11 is 0. The number of nitrogens with zero attached hydrogens (tertiary/aromatic N) is 1. The monoisotopic (exact) mass is 209 g/mol. The maximum absolute atomic E-state index is 11.5. The van der Waals surface area contributed by atoms with Crippen LogP contribution in [0.15, 0.2) is 18.3 Å². The van der Waals surface area contributed by atoms with E-state index in [0.29, 0.717) is 24.3 Å². The fraction of sp³-hybridized carbons (Fsp3) is 0.400. The lowest BCUT2D eigenvalue weighted by molar-refractivity contribution is 0.0953. The quantitative estimate of drug-likeness (QED) is 0.578. The average Bonchev–Trinajstić information content (AvgIpc) is 2.29. The Hall–Kier alpha value is -1.46. The first-order valence-corrected chi connectivity index (χ1v) is 4.82. The Kier molecular flexibility index (Phi) is 4.73. The summed E-state index contributed by atoms with van der Waals surface area (Å²) in [5.74, 6) is -0.166. The number of nitrogens with two attached hydrogens (primary N) is 1. The number of hydrogen-bond donors (Lipinski definition) is 3. The number of rotatable bonds is 5. The molecule has 5 heteroatoms. The molecule has 0 aliphatic rings. The molecule has 5 nitrogen and oxygen atoms in total. The van der Waals surface area contributed by atoms with Crippen LogP contribution in [0.25, 0.3) is 0 Å². The molecule has 1 heterocycles. The normalized spacial score (nSPS) is 10.0. The van der Waals surface area contributed by atoms with Crippen LogP contribution in [0.2, 0.25) is 0 Å². The van der Waals surface area contributed by atoms with Gasteiger partial charge >= 0.3 is 0 Å². The van der Waals surface area contributed by atoms with Crippen molar-refractivity contribution in [1.82, 2.24) is 10.3 Å². The number of hydrogen-bond acceptors (Lipinski definition) is 4. The zero-order valence-electron chi connectivity index (χ0n) is 8.44. The molecule has 0 saturated carbocycles. The van der Waals surface area contributed by atoms with Gasteiger partial charge in [-0.1, -0.05) is 0 Å². The molecular weight excluding hydrogens is 194 g/mol. The van der Waals surface area contributed by atoms with Gasteiger partial charge < -0.3 is 16.2 Å². The highest BCUT2D eigenvalue weighted by molar-refractivity contribution is 5.93. The highest BCUT2D eigenvalue weighted by atomic mass is 16.3. The van der Waals surface area contributed by atoms with Gasteiger partial charge in [0.05, 0.1) is 17.9 Å². The third-order valence-corrected chi connectivity index (χ3v) is 1.92. The van der Waals surface area contributed by atoms with Crippen LogP contribution >= 0.6 is 0 Å². The lowest BCUT2D eigenvalue weighted by Gasteiger charge is -2.04. The van der Waals surface area contributed by atoms with Crippen molar-refractivity contribution in [3.05, 3.63) is 29.6 Å². The maximum Gasteiger partial charge on any atom is 0.252 e. The van der Waals surface area contributed by atoms with Crippen LogP contribution in [0.1, 0.15) is 22.5 Å². The molecule has 0 bridgehead atoms. The van der Waals surface area contributed by atoms with E-state index in [-0.39, 0.29) is 12.5 Å². The van der Waals surface area contributed by atoms with Gasteiger partial charge in [-0.15, -0.1) is 0 Å². The molecule has 0 saturated heterocycles. The molecule has 0 aliphatic carbocycles. The minimum Gasteiger partial charge on any atom is -0.390 e. The zero-order chi connectivity index (χ0) is 11.1. The van der Waals surface area contributed by atoms with Crippen LogP contribution in [0, 0.1) is 0 Å². The Morgan fingerprint density at radius 2 is 2.33 bits per heavy atom. The van der Waals surface area contributed by atoms with Crippen LogP contribution in [0.4, 0.5) is 0 Å². The van der Waals surface area contributed by atoms with Crippen molar-refractivity contribution in [2.45, 2.75) is 13.0 Å². The summed E-state index contributed by atoms with van der Waals surface area (Å²) in [7, 11) is 0. The van der Waals surface area contributed by atoms with Crippen molar-refractivity contribution >= 4 is 5.91 Å². The van der Waals surface area contributed by atoms with E-state index in [1.54, 1.807) is 12.1 Å². The second kappa shape index (κ2) is 6.10. The molecule has 1 aromatic heterocycles. The van der Waals surface area contributed by atoms with E-state index in [1.165, 1.54) is 6.20 Å². The Morgan fingerprint density at radius 1 is 1.53 bits per heavy atom. The second-order valence-corrected chi connectivity index (χ2v) is 3.09. The van der Waals surface area contributed by atoms with E-state index in [2.05, 4.69) is 10.3 Å². The van der Waals surface area contributed by atoms with Crippen molar-refractivity contribution < 1.29 is 9.90 Å². The van der Waals surface area contributed by atoms with Gasteiger partial charge in [-0.25, -0.2) is 0 Å². The van der Waals surface area contributed by atoms with Crippen molar-refractivity contribution in [2.75, 3.05) is 13.1 Å². The van der Waals surface area contributed by atoms with Gasteiger partial charge in [0.15, 0.2) is 0 Å². The van der Waals surface area contributed by atoms with Crippen molar-refractivity contribution in [3.63, 3.8) is 0 Å². The molecule has 0 aliphatic heterocycles. The van der Waals surface area contributed by atoms with Crippen molar-refractivity contribution in [2.24, 2.45) is 5.73 Å². The number of aliphatic hydroxyl groups is 1. The van der Waals surface area contributed by atoms with Crippen LogP contribution in [-0.2, 0) is 6.61 Å². The molecule has 0 radical (unpaired) electrons. The van der Waals surface area contributed by atoms with Crippen molar-refractivity contribution in [3.8, 4) is 0 Å². The highest BCUT2D eigenvalue weighted by Crippen LogP contribution is 2.00. The van der Waals surface area contributed by atoms with Gasteiger partial charge in [0.2, 0.25) is 0 Å². The predicted molar refractivity (Wildman–Crippen MR) is 56.2 cm³/mol. The maximum atomic E-state index is 11.5. The van der Waals surface area contributed by atoms with Gasteiger partial charge in [0.1, 0.15) is 0 Å². The minimum absolute atomic E-state index is 0.116. The summed E-state index contributed by atoms with van der Waals surface area (Å²) in [5, 5.41) is 11.5. The summed E-state index contributed by atoms with van der Waals surface area (Å²) in [6.45, 7) is 1.01. The van der Waals surface area contributed by atoms with Crippen LogP contribution < -0.4 is 11.1 Å². The van der Waals surface area contributed by atoms with E-state index in [4.69, 9.17) is 10.8 Å². The zero-order valence-corrected chi connectivity index (χ0v) is 8.44. The number of nitrogens with one attached hydrogen (secondary N) is 1. The largest absolute Gasteiger partial charge is 0.390 e. The van der Waals surface area contributed by atoms with Crippen LogP contribution in [0.5, 0.6) is 0 Å². The third-order valence-electron chi connectivity index (χ3n) is 1.92. The van der Waals surface area contributed by atoms with Crippen LogP contribution in [0.3, 0.4) is 0 Å². The fourth-order valence-electron chi connectivity index (χ4n) is 1.06. The lowest BCUT2D eigenvalue weighted by atomic mass is 10.2. The number of aliphatic hydroxyl groups excluding tert-OH is 1. The topological polar surface area (TPSA) is 88.2 Å². The molecule has 1 aromatic rings. The molecular formula is C10H15N3O2. The number of pyridine rings is 1. The molecule has 1 amide bonds. The van der Waals surface area contributed by atoms with E-state index < -0.39 is 0 Å². The number of carbonyl (C=O) groups is 1. The molecule has 0 atom stereocenters. The van der Waals surface area contributed by atoms with Gasteiger partial charge in [-0.05, 0) is 25.1 Å². The Labute approximate surface area is 88.3 Å². The van der Waals surface area contributed by atoms with E-state index >= 15 is 0 Å². The Balaban J connectivity index is 2.50. The fourth-order valence-corrected chi connectivity index (χ4v) is 1.06. The van der Waals surface area contributed by atoms with Gasteiger partial charge in [0, 0.05) is 12.7 Å². The Morgan fingerprint density at radius 3 is 2.87 bits per heavy atom. The van der Waals surface area contributed by atoms with Gasteiger partial charge in [-0.3, -0.25) is 9.78 Å². The molecule has 4 N–H and O–H groups in total. The molecule has 15 heavy (non-hydrogen) atoms. The first-order chi connectivity index (χ1) is 7.27. The summed E-state index contributed by atoms with van der Waals surface area (Å²) in [6, 6.07) is 3.26. The summed E-state index contributed by atoms with van der Waals surface area (Å²) in [5.41, 5.74) is 6.34. The number of carbonyl (C=O) groups excluding carboxylic acids is 1. The molecule has 82 valence electrons. The van der Waals surface area contributed by atoms with Gasteiger partial charge in [0.25, 0.3) is 5.91 Å². The molecule has 0 aromatic carbocycles. The summed E-state index contributed by atoms with van der Waals surface area (Å²) in [4.78, 5) is 15.4. The van der Waals surface area contributed by atoms with E-state index in [0.717, 1.165) is 6.42 Å². The number of aromatic nitrogens is 1. The SMILES string of the molecule is NCCCNC(=O)c1ccc(CO)nc1. The standard InChI is InChI=1S/C10H15N3O2/c11-4-1-5-12-10(15)8-2-3-9(7-14)13-6-8/h2-3,6,14H,1,4-5,7,11H2,(H,12,15). The molecule has 0 unspecified atom stereocenters. The first kappa shape index (κ1) is 11.6. The second-order valence-electron chi connectivity index (χ2n) is 3.09. The van der Waals surface area contributed by atoms with E-state index in [9.17, 15) is 4.79 Å². The third kappa shape index (κ3) is 3.65. The average molecular weight is 209 g/mol. The van der Waals surface area contributed by atoms with Crippen molar-refractivity contribution in [1.29, 1.82) is 0 Å².